The minimum Gasteiger partial charge on any atom is -0.493 e. The zero-order valence-corrected chi connectivity index (χ0v) is 14.8. The number of sulfonamides is 1. The van der Waals surface area contributed by atoms with Gasteiger partial charge >= 0.3 is 0 Å². The molecule has 0 fully saturated rings. The van der Waals surface area contributed by atoms with Crippen molar-refractivity contribution < 1.29 is 17.9 Å². The van der Waals surface area contributed by atoms with Crippen LogP contribution in [0.1, 0.15) is 12.5 Å². The highest BCUT2D eigenvalue weighted by Crippen LogP contribution is 2.35. The molecule has 128 valence electrons. The van der Waals surface area contributed by atoms with Gasteiger partial charge in [0.25, 0.3) is 10.0 Å². The number of benzene rings is 2. The van der Waals surface area contributed by atoms with E-state index in [9.17, 15) is 8.42 Å². The molecule has 8 heteroatoms. The van der Waals surface area contributed by atoms with E-state index in [0.717, 1.165) is 0 Å². The topological polar surface area (TPSA) is 77.0 Å². The Balaban J connectivity index is 2.19. The number of hydrogen-bond acceptors (Lipinski definition) is 5. The highest BCUT2D eigenvalue weighted by molar-refractivity contribution is 7.89. The quantitative estimate of drug-likeness (QED) is 0.602. The van der Waals surface area contributed by atoms with Crippen molar-refractivity contribution in [2.45, 2.75) is 11.8 Å². The monoisotopic (exact) mass is 368 g/mol. The number of ether oxygens (including phenoxy) is 2. The zero-order valence-electron chi connectivity index (χ0n) is 13.2. The molecule has 0 aliphatic rings. The lowest BCUT2D eigenvalue weighted by Gasteiger charge is -2.11. The van der Waals surface area contributed by atoms with E-state index in [0.29, 0.717) is 28.7 Å². The molecule has 24 heavy (non-hydrogen) atoms. The van der Waals surface area contributed by atoms with Crippen molar-refractivity contribution in [1.82, 2.24) is 4.83 Å². The van der Waals surface area contributed by atoms with Gasteiger partial charge in [0.1, 0.15) is 0 Å². The third-order valence-electron chi connectivity index (χ3n) is 2.98. The average molecular weight is 369 g/mol. The van der Waals surface area contributed by atoms with Gasteiger partial charge in [0.15, 0.2) is 11.5 Å². The Hall–Kier alpha value is -2.25. The summed E-state index contributed by atoms with van der Waals surface area (Å²) in [4.78, 5) is 2.28. The first-order valence-electron chi connectivity index (χ1n) is 7.08. The largest absolute Gasteiger partial charge is 0.493 e. The first-order chi connectivity index (χ1) is 11.5. The maximum atomic E-state index is 12.1. The van der Waals surface area contributed by atoms with Crippen LogP contribution in [0.15, 0.2) is 52.5 Å². The van der Waals surface area contributed by atoms with Crippen LogP contribution in [0.3, 0.4) is 0 Å². The van der Waals surface area contributed by atoms with E-state index < -0.39 is 10.0 Å². The first-order valence-corrected chi connectivity index (χ1v) is 8.94. The molecule has 6 nitrogen and oxygen atoms in total. The van der Waals surface area contributed by atoms with Crippen LogP contribution in [0.2, 0.25) is 5.02 Å². The number of hydrazone groups is 1. The van der Waals surface area contributed by atoms with E-state index in [2.05, 4.69) is 9.93 Å². The summed E-state index contributed by atoms with van der Waals surface area (Å²) in [6, 6.07) is 11.2. The van der Waals surface area contributed by atoms with Crippen LogP contribution in [0, 0.1) is 0 Å². The Labute approximate surface area is 146 Å². The molecular weight excluding hydrogens is 352 g/mol. The fourth-order valence-electron chi connectivity index (χ4n) is 1.92. The molecule has 0 aliphatic carbocycles. The van der Waals surface area contributed by atoms with Crippen LogP contribution in [-0.4, -0.2) is 28.3 Å². The molecule has 0 radical (unpaired) electrons. The number of halogens is 1. The molecule has 0 heterocycles. The second kappa shape index (κ2) is 8.03. The molecule has 0 saturated carbocycles. The highest BCUT2D eigenvalue weighted by atomic mass is 35.5. The fraction of sp³-hybridized carbons (Fsp3) is 0.188. The Morgan fingerprint density at radius 3 is 2.58 bits per heavy atom. The van der Waals surface area contributed by atoms with Crippen LogP contribution in [-0.2, 0) is 10.0 Å². The number of nitrogens with zero attached hydrogens (tertiary/aromatic N) is 1. The normalized spacial score (nSPS) is 11.5. The van der Waals surface area contributed by atoms with Crippen molar-refractivity contribution in [2.24, 2.45) is 5.10 Å². The molecule has 0 amide bonds. The third kappa shape index (κ3) is 4.39. The van der Waals surface area contributed by atoms with E-state index in [1.165, 1.54) is 25.5 Å². The highest BCUT2D eigenvalue weighted by Gasteiger charge is 2.12. The predicted molar refractivity (Wildman–Crippen MR) is 93.5 cm³/mol. The summed E-state index contributed by atoms with van der Waals surface area (Å²) in [5, 5.41) is 4.11. The third-order valence-corrected chi connectivity index (χ3v) is 4.50. The van der Waals surface area contributed by atoms with Crippen LogP contribution < -0.4 is 14.3 Å². The van der Waals surface area contributed by atoms with Crippen molar-refractivity contribution in [3.8, 4) is 11.5 Å². The smallest absolute Gasteiger partial charge is 0.276 e. The van der Waals surface area contributed by atoms with Gasteiger partial charge in [-0.25, -0.2) is 4.83 Å². The lowest BCUT2D eigenvalue weighted by atomic mass is 10.2. The van der Waals surface area contributed by atoms with E-state index >= 15 is 0 Å². The summed E-state index contributed by atoms with van der Waals surface area (Å²) in [5.74, 6) is 0.875. The second-order valence-corrected chi connectivity index (χ2v) is 6.70. The summed E-state index contributed by atoms with van der Waals surface area (Å²) in [6.07, 6.45) is 1.34. The van der Waals surface area contributed by atoms with E-state index in [1.54, 1.807) is 30.3 Å². The van der Waals surface area contributed by atoms with Gasteiger partial charge in [-0.05, 0) is 36.8 Å². The molecule has 0 unspecified atom stereocenters. The van der Waals surface area contributed by atoms with Crippen molar-refractivity contribution in [1.29, 1.82) is 0 Å². The van der Waals surface area contributed by atoms with Gasteiger partial charge in [0, 0.05) is 0 Å². The lowest BCUT2D eigenvalue weighted by molar-refractivity contribution is 0.311. The van der Waals surface area contributed by atoms with Crippen molar-refractivity contribution >= 4 is 27.8 Å². The molecule has 2 rings (SSSR count). The number of methoxy groups -OCH3 is 1. The minimum atomic E-state index is -3.71. The Morgan fingerprint density at radius 2 is 1.96 bits per heavy atom. The van der Waals surface area contributed by atoms with E-state index in [1.807, 2.05) is 6.92 Å². The maximum absolute atomic E-state index is 12.1. The second-order valence-electron chi connectivity index (χ2n) is 4.63. The van der Waals surface area contributed by atoms with Gasteiger partial charge in [0.2, 0.25) is 0 Å². The molecular formula is C16H17ClN2O4S. The summed E-state index contributed by atoms with van der Waals surface area (Å²) >= 11 is 6.15. The number of nitrogens with one attached hydrogen (secondary N) is 1. The molecule has 2 aromatic carbocycles. The van der Waals surface area contributed by atoms with E-state index in [-0.39, 0.29) is 4.90 Å². The lowest BCUT2D eigenvalue weighted by Crippen LogP contribution is -2.18. The van der Waals surface area contributed by atoms with Gasteiger partial charge in [-0.2, -0.15) is 13.5 Å². The average Bonchev–Trinajstić information content (AvgIpc) is 2.57. The zero-order chi connectivity index (χ0) is 17.6. The Morgan fingerprint density at radius 1 is 1.25 bits per heavy atom. The van der Waals surface area contributed by atoms with E-state index in [4.69, 9.17) is 21.1 Å². The number of rotatable bonds is 7. The number of hydrogen-bond donors (Lipinski definition) is 1. The first kappa shape index (κ1) is 18.1. The van der Waals surface area contributed by atoms with Gasteiger partial charge in [-0.15, -0.1) is 0 Å². The van der Waals surface area contributed by atoms with Gasteiger partial charge in [-0.3, -0.25) is 0 Å². The SMILES string of the molecule is CCOc1c(Cl)cc(/C=N\NS(=O)(=O)c2ccccc2)cc1OC. The van der Waals surface area contributed by atoms with Crippen LogP contribution in [0.5, 0.6) is 11.5 Å². The summed E-state index contributed by atoms with van der Waals surface area (Å²) in [5.41, 5.74) is 0.566. The van der Waals surface area contributed by atoms with Crippen LogP contribution in [0.25, 0.3) is 0 Å². The molecule has 0 saturated heterocycles. The summed E-state index contributed by atoms with van der Waals surface area (Å²) in [7, 11) is -2.22. The van der Waals surface area contributed by atoms with Crippen molar-refractivity contribution in [2.75, 3.05) is 13.7 Å². The van der Waals surface area contributed by atoms with Gasteiger partial charge in [-0.1, -0.05) is 29.8 Å². The maximum Gasteiger partial charge on any atom is 0.276 e. The van der Waals surface area contributed by atoms with Gasteiger partial charge in [0.05, 0.1) is 29.8 Å². The molecule has 0 bridgehead atoms. The minimum absolute atomic E-state index is 0.129. The summed E-state index contributed by atoms with van der Waals surface area (Å²) in [6.45, 7) is 2.28. The Bertz CT molecular complexity index is 823. The molecule has 0 aliphatic heterocycles. The van der Waals surface area contributed by atoms with Gasteiger partial charge < -0.3 is 9.47 Å². The molecule has 0 spiro atoms. The van der Waals surface area contributed by atoms with Crippen molar-refractivity contribution in [3.05, 3.63) is 53.1 Å². The Kier molecular flexibility index (Phi) is 6.05. The van der Waals surface area contributed by atoms with Crippen LogP contribution >= 0.6 is 11.6 Å². The fourth-order valence-corrected chi connectivity index (χ4v) is 3.01. The van der Waals surface area contributed by atoms with Crippen molar-refractivity contribution in [3.63, 3.8) is 0 Å². The summed E-state index contributed by atoms with van der Waals surface area (Å²) < 4.78 is 34.8. The molecule has 2 aromatic rings. The van der Waals surface area contributed by atoms with Crippen LogP contribution in [0.4, 0.5) is 0 Å². The molecule has 1 N–H and O–H groups in total. The standard InChI is InChI=1S/C16H17ClN2O4S/c1-3-23-16-14(17)9-12(10-15(16)22-2)11-18-19-24(20,21)13-7-5-4-6-8-13/h4-11,19H,3H2,1-2H3/b18-11-. The molecule has 0 aromatic heterocycles. The predicted octanol–water partition coefficient (Wildman–Crippen LogP) is 3.06. The molecule has 0 atom stereocenters.